The lowest BCUT2D eigenvalue weighted by Crippen LogP contribution is -2.49. The van der Waals surface area contributed by atoms with E-state index in [1.54, 1.807) is 0 Å². The fourth-order valence-corrected chi connectivity index (χ4v) is 3.02. The fraction of sp³-hybridized carbons (Fsp3) is 0.316. The maximum absolute atomic E-state index is 13.0. The van der Waals surface area contributed by atoms with Gasteiger partial charge in [0.1, 0.15) is 11.4 Å². The molecule has 2 aromatic rings. The van der Waals surface area contributed by atoms with Crippen LogP contribution in [0, 0.1) is 5.82 Å². The lowest BCUT2D eigenvalue weighted by molar-refractivity contribution is -0.00780. The molecule has 0 unspecified atom stereocenters. The molecule has 1 heterocycles. The van der Waals surface area contributed by atoms with Crippen molar-refractivity contribution in [2.45, 2.75) is 25.0 Å². The third kappa shape index (κ3) is 3.66. The normalized spacial score (nSPS) is 17.8. The van der Waals surface area contributed by atoms with Gasteiger partial charge in [0.15, 0.2) is 5.78 Å². The molecule has 0 aromatic heterocycles. The van der Waals surface area contributed by atoms with Gasteiger partial charge in [0.05, 0.1) is 0 Å². The Kier molecular flexibility index (Phi) is 4.55. The number of ketones is 1. The summed E-state index contributed by atoms with van der Waals surface area (Å²) in [6.07, 6.45) is 0.798. The predicted octanol–water partition coefficient (Wildman–Crippen LogP) is 3.04. The van der Waals surface area contributed by atoms with E-state index in [4.69, 9.17) is 0 Å². The van der Waals surface area contributed by atoms with Crippen molar-refractivity contribution >= 4 is 5.78 Å². The van der Waals surface area contributed by atoms with Gasteiger partial charge < -0.3 is 5.11 Å². The minimum atomic E-state index is -1.34. The van der Waals surface area contributed by atoms with Gasteiger partial charge >= 0.3 is 0 Å². The van der Waals surface area contributed by atoms with Crippen molar-refractivity contribution in [3.8, 4) is 0 Å². The SMILES string of the molecule is O=C(c1ccc(F)cc1)C1(O)CCN(Cc2ccccc2)CC1. The maximum atomic E-state index is 13.0. The van der Waals surface area contributed by atoms with Gasteiger partial charge in [0.25, 0.3) is 0 Å². The summed E-state index contributed by atoms with van der Waals surface area (Å²) in [6, 6.07) is 15.5. The van der Waals surface area contributed by atoms with E-state index in [1.165, 1.54) is 29.8 Å². The molecule has 23 heavy (non-hydrogen) atoms. The number of halogens is 1. The van der Waals surface area contributed by atoms with Crippen LogP contribution in [-0.4, -0.2) is 34.5 Å². The Morgan fingerprint density at radius 2 is 1.65 bits per heavy atom. The summed E-state index contributed by atoms with van der Waals surface area (Å²) in [7, 11) is 0. The number of hydrogen-bond donors (Lipinski definition) is 1. The van der Waals surface area contributed by atoms with Crippen molar-refractivity contribution in [2.75, 3.05) is 13.1 Å². The maximum Gasteiger partial charge on any atom is 0.194 e. The molecule has 1 aliphatic heterocycles. The lowest BCUT2D eigenvalue weighted by atomic mass is 9.84. The Balaban J connectivity index is 1.62. The van der Waals surface area contributed by atoms with E-state index >= 15 is 0 Å². The van der Waals surface area contributed by atoms with Crippen LogP contribution in [-0.2, 0) is 6.54 Å². The third-order valence-electron chi connectivity index (χ3n) is 4.46. The summed E-state index contributed by atoms with van der Waals surface area (Å²) >= 11 is 0. The summed E-state index contributed by atoms with van der Waals surface area (Å²) in [6.45, 7) is 2.15. The van der Waals surface area contributed by atoms with Gasteiger partial charge in [-0.25, -0.2) is 4.39 Å². The average Bonchev–Trinajstić information content (AvgIpc) is 2.58. The number of benzene rings is 2. The van der Waals surface area contributed by atoms with E-state index in [2.05, 4.69) is 17.0 Å². The molecule has 0 amide bonds. The molecule has 1 N–H and O–H groups in total. The molecule has 2 aromatic carbocycles. The summed E-state index contributed by atoms with van der Waals surface area (Å²) in [4.78, 5) is 14.7. The first-order chi connectivity index (χ1) is 11.1. The van der Waals surface area contributed by atoms with Crippen LogP contribution < -0.4 is 0 Å². The van der Waals surface area contributed by atoms with Crippen LogP contribution >= 0.6 is 0 Å². The second-order valence-electron chi connectivity index (χ2n) is 6.13. The average molecular weight is 313 g/mol. The molecule has 1 fully saturated rings. The first kappa shape index (κ1) is 15.8. The van der Waals surface area contributed by atoms with Crippen molar-refractivity contribution < 1.29 is 14.3 Å². The van der Waals surface area contributed by atoms with Crippen molar-refractivity contribution in [1.29, 1.82) is 0 Å². The predicted molar refractivity (Wildman–Crippen MR) is 86.6 cm³/mol. The fourth-order valence-electron chi connectivity index (χ4n) is 3.02. The Hall–Kier alpha value is -2.04. The van der Waals surface area contributed by atoms with Gasteiger partial charge in [-0.2, -0.15) is 0 Å². The molecule has 120 valence electrons. The number of likely N-dealkylation sites (tertiary alicyclic amines) is 1. The highest BCUT2D eigenvalue weighted by molar-refractivity contribution is 6.02. The molecule has 1 aliphatic rings. The molecule has 0 spiro atoms. The van der Waals surface area contributed by atoms with Crippen molar-refractivity contribution in [3.63, 3.8) is 0 Å². The third-order valence-corrected chi connectivity index (χ3v) is 4.46. The molecule has 1 saturated heterocycles. The van der Waals surface area contributed by atoms with Crippen LogP contribution in [0.2, 0.25) is 0 Å². The van der Waals surface area contributed by atoms with Gasteiger partial charge in [-0.1, -0.05) is 30.3 Å². The van der Waals surface area contributed by atoms with Crippen LogP contribution in [0.5, 0.6) is 0 Å². The van der Waals surface area contributed by atoms with E-state index in [9.17, 15) is 14.3 Å². The largest absolute Gasteiger partial charge is 0.382 e. The molecule has 0 radical (unpaired) electrons. The molecule has 4 heteroatoms. The lowest BCUT2D eigenvalue weighted by Gasteiger charge is -2.37. The smallest absolute Gasteiger partial charge is 0.194 e. The summed E-state index contributed by atoms with van der Waals surface area (Å²) in [5.74, 6) is -0.692. The number of aliphatic hydroxyl groups is 1. The highest BCUT2D eigenvalue weighted by Gasteiger charge is 2.39. The van der Waals surface area contributed by atoms with E-state index in [-0.39, 0.29) is 11.6 Å². The van der Waals surface area contributed by atoms with Gasteiger partial charge in [-0.05, 0) is 42.7 Å². The van der Waals surface area contributed by atoms with E-state index in [1.807, 2.05) is 18.2 Å². The Morgan fingerprint density at radius 3 is 2.26 bits per heavy atom. The highest BCUT2D eigenvalue weighted by atomic mass is 19.1. The van der Waals surface area contributed by atoms with Gasteiger partial charge in [0, 0.05) is 25.2 Å². The molecule has 0 aliphatic carbocycles. The number of piperidine rings is 1. The standard InChI is InChI=1S/C19H20FNO2/c20-17-8-6-16(7-9-17)18(22)19(23)10-12-21(13-11-19)14-15-4-2-1-3-5-15/h1-9,23H,10-14H2. The zero-order valence-corrected chi connectivity index (χ0v) is 12.9. The van der Waals surface area contributed by atoms with Crippen molar-refractivity contribution in [2.24, 2.45) is 0 Å². The Bertz CT molecular complexity index is 662. The highest BCUT2D eigenvalue weighted by Crippen LogP contribution is 2.27. The minimum absolute atomic E-state index is 0.308. The second-order valence-corrected chi connectivity index (χ2v) is 6.13. The summed E-state index contributed by atoms with van der Waals surface area (Å²) in [5.41, 5.74) is 0.249. The first-order valence-electron chi connectivity index (χ1n) is 7.86. The van der Waals surface area contributed by atoms with Crippen LogP contribution in [0.15, 0.2) is 54.6 Å². The van der Waals surface area contributed by atoms with Crippen LogP contribution in [0.3, 0.4) is 0 Å². The molecule has 3 nitrogen and oxygen atoms in total. The Labute approximate surface area is 135 Å². The molecule has 0 saturated carbocycles. The second kappa shape index (κ2) is 6.60. The minimum Gasteiger partial charge on any atom is -0.382 e. The van der Waals surface area contributed by atoms with E-state index in [0.717, 1.165) is 6.54 Å². The number of carbonyl (C=O) groups excluding carboxylic acids is 1. The van der Waals surface area contributed by atoms with E-state index in [0.29, 0.717) is 31.5 Å². The first-order valence-corrected chi connectivity index (χ1v) is 7.86. The number of hydrogen-bond acceptors (Lipinski definition) is 3. The van der Waals surface area contributed by atoms with Gasteiger partial charge in [-0.15, -0.1) is 0 Å². The zero-order valence-electron chi connectivity index (χ0n) is 12.9. The zero-order chi connectivity index (χ0) is 16.3. The van der Waals surface area contributed by atoms with Gasteiger partial charge in [0.2, 0.25) is 0 Å². The Morgan fingerprint density at radius 1 is 1.04 bits per heavy atom. The number of rotatable bonds is 4. The number of Topliss-reactive ketones (excluding diaryl/α,β-unsaturated/α-hetero) is 1. The van der Waals surface area contributed by atoms with Crippen LogP contribution in [0.4, 0.5) is 4.39 Å². The quantitative estimate of drug-likeness (QED) is 0.882. The summed E-state index contributed by atoms with van der Waals surface area (Å²) < 4.78 is 13.0. The summed E-state index contributed by atoms with van der Waals surface area (Å²) in [5, 5.41) is 10.7. The van der Waals surface area contributed by atoms with E-state index < -0.39 is 5.60 Å². The molecule has 3 rings (SSSR count). The molecular weight excluding hydrogens is 293 g/mol. The number of nitrogens with zero attached hydrogens (tertiary/aromatic N) is 1. The van der Waals surface area contributed by atoms with Crippen LogP contribution in [0.1, 0.15) is 28.8 Å². The van der Waals surface area contributed by atoms with Crippen LogP contribution in [0.25, 0.3) is 0 Å². The van der Waals surface area contributed by atoms with Crippen molar-refractivity contribution in [1.82, 2.24) is 4.90 Å². The molecule has 0 atom stereocenters. The molecule has 0 bridgehead atoms. The molecular formula is C19H20FNO2. The number of carbonyl (C=O) groups is 1. The van der Waals surface area contributed by atoms with Crippen molar-refractivity contribution in [3.05, 3.63) is 71.5 Å². The van der Waals surface area contributed by atoms with Gasteiger partial charge in [-0.3, -0.25) is 9.69 Å². The monoisotopic (exact) mass is 313 g/mol. The topological polar surface area (TPSA) is 40.5 Å².